The normalized spacial score (nSPS) is 11.7. The zero-order valence-corrected chi connectivity index (χ0v) is 13.8. The number of aryl methyl sites for hydroxylation is 1. The topological polar surface area (TPSA) is 46.9 Å². The molecule has 1 N–H and O–H groups in total. The van der Waals surface area contributed by atoms with Gasteiger partial charge in [0.2, 0.25) is 0 Å². The Balaban J connectivity index is 1.98. The van der Waals surface area contributed by atoms with Gasteiger partial charge in [-0.2, -0.15) is 18.3 Å². The third kappa shape index (κ3) is 3.96. The van der Waals surface area contributed by atoms with Crippen LogP contribution in [0.3, 0.4) is 0 Å². The van der Waals surface area contributed by atoms with Gasteiger partial charge in [-0.3, -0.25) is 9.48 Å². The summed E-state index contributed by atoms with van der Waals surface area (Å²) in [6.45, 7) is 0.104. The number of amides is 1. The minimum absolute atomic E-state index is 0.0311. The van der Waals surface area contributed by atoms with Crippen molar-refractivity contribution in [1.82, 2.24) is 15.1 Å². The fourth-order valence-corrected chi connectivity index (χ4v) is 3.54. The highest BCUT2D eigenvalue weighted by Gasteiger charge is 2.35. The largest absolute Gasteiger partial charge is 0.419 e. The Labute approximate surface area is 136 Å². The molecule has 21 heavy (non-hydrogen) atoms. The van der Waals surface area contributed by atoms with Crippen molar-refractivity contribution in [2.45, 2.75) is 12.6 Å². The van der Waals surface area contributed by atoms with Crippen LogP contribution in [0.25, 0.3) is 0 Å². The van der Waals surface area contributed by atoms with Gasteiger partial charge >= 0.3 is 6.18 Å². The van der Waals surface area contributed by atoms with Gasteiger partial charge in [0, 0.05) is 29.8 Å². The number of hydrogen-bond acceptors (Lipinski definition) is 3. The Morgan fingerprint density at radius 2 is 2.24 bits per heavy atom. The summed E-state index contributed by atoms with van der Waals surface area (Å²) in [6.07, 6.45) is -3.46. The first-order valence-electron chi connectivity index (χ1n) is 5.90. The fraction of sp³-hybridized carbons (Fsp3) is 0.333. The number of hydrogen-bond donors (Lipinski definition) is 1. The molecule has 2 aromatic heterocycles. The van der Waals surface area contributed by atoms with Crippen molar-refractivity contribution < 1.29 is 18.0 Å². The molecule has 0 saturated heterocycles. The van der Waals surface area contributed by atoms with Crippen LogP contribution in [-0.2, 0) is 19.6 Å². The average molecular weight is 429 g/mol. The van der Waals surface area contributed by atoms with E-state index in [4.69, 9.17) is 0 Å². The van der Waals surface area contributed by atoms with E-state index < -0.39 is 11.7 Å². The minimum Gasteiger partial charge on any atom is -0.351 e. The summed E-state index contributed by atoms with van der Waals surface area (Å²) in [5.74, 6) is -0.279. The van der Waals surface area contributed by atoms with E-state index in [1.807, 2.05) is 22.6 Å². The Hall–Kier alpha value is -1.10. The smallest absolute Gasteiger partial charge is 0.351 e. The van der Waals surface area contributed by atoms with Crippen molar-refractivity contribution in [1.29, 1.82) is 0 Å². The molecule has 0 fully saturated rings. The molecule has 2 heterocycles. The zero-order valence-electron chi connectivity index (χ0n) is 10.9. The van der Waals surface area contributed by atoms with Crippen LogP contribution in [0.5, 0.6) is 0 Å². The van der Waals surface area contributed by atoms with Crippen LogP contribution < -0.4 is 5.32 Å². The molecule has 114 valence electrons. The molecule has 0 unspecified atom stereocenters. The highest BCUT2D eigenvalue weighted by atomic mass is 127. The SMILES string of the molecule is Cn1cc(C(F)(F)F)c(CCNC(=O)c2sccc2I)n1. The van der Waals surface area contributed by atoms with E-state index in [9.17, 15) is 18.0 Å². The third-order valence-electron chi connectivity index (χ3n) is 2.68. The molecule has 4 nitrogen and oxygen atoms in total. The number of thiophene rings is 1. The van der Waals surface area contributed by atoms with Crippen LogP contribution in [0.15, 0.2) is 17.6 Å². The molecule has 0 aliphatic heterocycles. The Morgan fingerprint density at radius 3 is 2.81 bits per heavy atom. The number of alkyl halides is 3. The zero-order chi connectivity index (χ0) is 15.6. The van der Waals surface area contributed by atoms with Gasteiger partial charge in [0.15, 0.2) is 0 Å². The summed E-state index contributed by atoms with van der Waals surface area (Å²) in [4.78, 5) is 12.4. The van der Waals surface area contributed by atoms with E-state index in [-0.39, 0.29) is 24.6 Å². The van der Waals surface area contributed by atoms with Crippen molar-refractivity contribution in [2.24, 2.45) is 7.05 Å². The summed E-state index contributed by atoms with van der Waals surface area (Å²) in [7, 11) is 1.44. The molecular formula is C12H11F3IN3OS. The maximum atomic E-state index is 12.8. The lowest BCUT2D eigenvalue weighted by atomic mass is 10.2. The first-order chi connectivity index (χ1) is 9.79. The van der Waals surface area contributed by atoms with Gasteiger partial charge in [-0.25, -0.2) is 0 Å². The number of nitrogens with one attached hydrogen (secondary N) is 1. The monoisotopic (exact) mass is 429 g/mol. The van der Waals surface area contributed by atoms with Gasteiger partial charge in [-0.05, 0) is 34.0 Å². The average Bonchev–Trinajstić information content (AvgIpc) is 2.94. The molecule has 0 aromatic carbocycles. The summed E-state index contributed by atoms with van der Waals surface area (Å²) in [5.41, 5.74) is -0.823. The van der Waals surface area contributed by atoms with Gasteiger partial charge in [0.05, 0.1) is 11.3 Å². The Morgan fingerprint density at radius 1 is 1.52 bits per heavy atom. The van der Waals surface area contributed by atoms with Crippen molar-refractivity contribution in [3.05, 3.63) is 37.3 Å². The predicted molar refractivity (Wildman–Crippen MR) is 81.3 cm³/mol. The molecule has 2 aromatic rings. The van der Waals surface area contributed by atoms with Crippen LogP contribution in [0.4, 0.5) is 13.2 Å². The Kier molecular flexibility index (Phi) is 4.91. The molecule has 0 atom stereocenters. The van der Waals surface area contributed by atoms with Gasteiger partial charge in [-0.15, -0.1) is 11.3 Å². The molecule has 1 amide bonds. The van der Waals surface area contributed by atoms with Crippen LogP contribution in [0.1, 0.15) is 20.9 Å². The molecule has 0 spiro atoms. The molecule has 2 rings (SSSR count). The van der Waals surface area contributed by atoms with Crippen molar-refractivity contribution in [3.8, 4) is 0 Å². The molecule has 0 saturated carbocycles. The van der Waals surface area contributed by atoms with Gasteiger partial charge in [-0.1, -0.05) is 0 Å². The predicted octanol–water partition coefficient (Wildman–Crippen LogP) is 3.08. The quantitative estimate of drug-likeness (QED) is 0.760. The lowest BCUT2D eigenvalue weighted by Gasteiger charge is -2.07. The second kappa shape index (κ2) is 6.34. The van der Waals surface area contributed by atoms with Crippen LogP contribution >= 0.6 is 33.9 Å². The lowest BCUT2D eigenvalue weighted by molar-refractivity contribution is -0.138. The number of halogens is 4. The lowest BCUT2D eigenvalue weighted by Crippen LogP contribution is -2.26. The highest BCUT2D eigenvalue weighted by Crippen LogP contribution is 2.31. The van der Waals surface area contributed by atoms with Gasteiger partial charge in [0.25, 0.3) is 5.91 Å². The van der Waals surface area contributed by atoms with Crippen molar-refractivity contribution in [2.75, 3.05) is 6.54 Å². The van der Waals surface area contributed by atoms with E-state index in [1.54, 1.807) is 11.4 Å². The minimum atomic E-state index is -4.43. The highest BCUT2D eigenvalue weighted by molar-refractivity contribution is 14.1. The van der Waals surface area contributed by atoms with Crippen LogP contribution in [0.2, 0.25) is 0 Å². The summed E-state index contributed by atoms with van der Waals surface area (Å²) in [6, 6.07) is 1.81. The summed E-state index contributed by atoms with van der Waals surface area (Å²) in [5, 5.41) is 8.20. The number of aromatic nitrogens is 2. The molecule has 0 aliphatic rings. The maximum Gasteiger partial charge on any atom is 0.419 e. The van der Waals surface area contributed by atoms with Gasteiger partial charge in [0.1, 0.15) is 4.88 Å². The van der Waals surface area contributed by atoms with Crippen LogP contribution in [0, 0.1) is 3.57 Å². The van der Waals surface area contributed by atoms with Crippen LogP contribution in [-0.4, -0.2) is 22.2 Å². The molecule has 0 bridgehead atoms. The first kappa shape index (κ1) is 16.3. The van der Waals surface area contributed by atoms with Gasteiger partial charge < -0.3 is 5.32 Å². The second-order valence-corrected chi connectivity index (χ2v) is 6.34. The molecular weight excluding hydrogens is 418 g/mol. The maximum absolute atomic E-state index is 12.8. The molecule has 9 heteroatoms. The van der Waals surface area contributed by atoms with E-state index in [1.165, 1.54) is 18.4 Å². The molecule has 0 radical (unpaired) electrons. The van der Waals surface area contributed by atoms with E-state index in [0.29, 0.717) is 4.88 Å². The Bertz CT molecular complexity index is 650. The number of nitrogens with zero attached hydrogens (tertiary/aromatic N) is 2. The third-order valence-corrected chi connectivity index (χ3v) is 4.86. The standard InChI is InChI=1S/C12H11F3IN3OS/c1-19-6-7(12(13,14)15)9(18-19)2-4-17-11(20)10-8(16)3-5-21-10/h3,5-6H,2,4H2,1H3,(H,17,20). The van der Waals surface area contributed by atoms with E-state index >= 15 is 0 Å². The second-order valence-electron chi connectivity index (χ2n) is 4.26. The van der Waals surface area contributed by atoms with Crippen molar-refractivity contribution >= 4 is 39.8 Å². The fourth-order valence-electron chi connectivity index (χ4n) is 1.79. The van der Waals surface area contributed by atoms with Crippen molar-refractivity contribution in [3.63, 3.8) is 0 Å². The number of rotatable bonds is 4. The molecule has 0 aliphatic carbocycles. The summed E-state index contributed by atoms with van der Waals surface area (Å²) < 4.78 is 40.3. The van der Waals surface area contributed by atoms with E-state index in [0.717, 1.165) is 14.4 Å². The number of carbonyl (C=O) groups is 1. The summed E-state index contributed by atoms with van der Waals surface area (Å²) >= 11 is 3.33. The van der Waals surface area contributed by atoms with E-state index in [2.05, 4.69) is 10.4 Å². The number of carbonyl (C=O) groups excluding carboxylic acids is 1. The first-order valence-corrected chi connectivity index (χ1v) is 7.86.